The molecule has 3 heteroatoms. The Morgan fingerprint density at radius 2 is 1.72 bits per heavy atom. The van der Waals surface area contributed by atoms with Crippen LogP contribution in [0.3, 0.4) is 0 Å². The zero-order valence-corrected chi connectivity index (χ0v) is 12.2. The van der Waals surface area contributed by atoms with Crippen molar-refractivity contribution in [2.75, 3.05) is 0 Å². The summed E-state index contributed by atoms with van der Waals surface area (Å²) in [6.07, 6.45) is 9.30. The fourth-order valence-electron chi connectivity index (χ4n) is 2.52. The van der Waals surface area contributed by atoms with Gasteiger partial charge >= 0.3 is 6.09 Å². The van der Waals surface area contributed by atoms with Crippen molar-refractivity contribution in [1.29, 1.82) is 0 Å². The molecule has 3 nitrogen and oxygen atoms in total. The Hall–Kier alpha value is -1.17. The van der Waals surface area contributed by atoms with Crippen molar-refractivity contribution in [2.24, 2.45) is 5.41 Å². The zero-order valence-electron chi connectivity index (χ0n) is 12.2. The number of hydrogen-bond donors (Lipinski definition) is 1. The first kappa shape index (κ1) is 14.9. The fraction of sp³-hybridized carbons (Fsp3) is 0.800. The van der Waals surface area contributed by atoms with E-state index >= 15 is 0 Å². The highest BCUT2D eigenvalue weighted by Crippen LogP contribution is 2.43. The number of carbonyl (C=O) groups is 1. The third kappa shape index (κ3) is 3.19. The Labute approximate surface area is 111 Å². The topological polar surface area (TPSA) is 38.3 Å². The van der Waals surface area contributed by atoms with Gasteiger partial charge in [0.15, 0.2) is 0 Å². The Morgan fingerprint density at radius 3 is 2.11 bits per heavy atom. The van der Waals surface area contributed by atoms with E-state index in [2.05, 4.69) is 11.2 Å². The van der Waals surface area contributed by atoms with E-state index < -0.39 is 5.60 Å². The lowest BCUT2D eigenvalue weighted by Crippen LogP contribution is -2.56. The van der Waals surface area contributed by atoms with Crippen molar-refractivity contribution >= 4 is 6.09 Å². The smallest absolute Gasteiger partial charge is 0.408 e. The van der Waals surface area contributed by atoms with E-state index in [0.29, 0.717) is 0 Å². The summed E-state index contributed by atoms with van der Waals surface area (Å²) in [5.74, 6) is 2.82. The summed E-state index contributed by atoms with van der Waals surface area (Å²) in [5.41, 5.74) is -1.17. The number of ether oxygens (including phenoxy) is 1. The van der Waals surface area contributed by atoms with Crippen LogP contribution in [0.2, 0.25) is 0 Å². The number of carbonyl (C=O) groups excluding carboxylic acids is 1. The summed E-state index contributed by atoms with van der Waals surface area (Å²) in [7, 11) is 0. The van der Waals surface area contributed by atoms with E-state index in [1.54, 1.807) is 0 Å². The van der Waals surface area contributed by atoms with Crippen LogP contribution in [0.1, 0.15) is 60.3 Å². The van der Waals surface area contributed by atoms with Crippen LogP contribution in [-0.2, 0) is 4.74 Å². The van der Waals surface area contributed by atoms with Gasteiger partial charge in [-0.15, -0.1) is 6.42 Å². The van der Waals surface area contributed by atoms with Crippen molar-refractivity contribution in [3.63, 3.8) is 0 Å². The Kier molecular flexibility index (Phi) is 4.00. The molecule has 0 unspecified atom stereocenters. The van der Waals surface area contributed by atoms with Gasteiger partial charge in [0.1, 0.15) is 5.60 Å². The zero-order chi connectivity index (χ0) is 14.0. The van der Waals surface area contributed by atoms with E-state index in [0.717, 1.165) is 25.7 Å². The highest BCUT2D eigenvalue weighted by atomic mass is 16.6. The minimum Gasteiger partial charge on any atom is -0.444 e. The Balaban J connectivity index is 2.83. The number of nitrogens with one attached hydrogen (secondary N) is 1. The van der Waals surface area contributed by atoms with Crippen LogP contribution in [0.25, 0.3) is 0 Å². The quantitative estimate of drug-likeness (QED) is 0.763. The second-order valence-corrected chi connectivity index (χ2v) is 6.69. The SMILES string of the molecule is C#CC(C)(C)C1(NC(=O)OC(C)(C)C)CCCC1. The van der Waals surface area contributed by atoms with Crippen LogP contribution >= 0.6 is 0 Å². The van der Waals surface area contributed by atoms with Crippen LogP contribution in [-0.4, -0.2) is 17.2 Å². The largest absolute Gasteiger partial charge is 0.444 e. The van der Waals surface area contributed by atoms with E-state index in [4.69, 9.17) is 11.2 Å². The average molecular weight is 251 g/mol. The molecular formula is C15H25NO2. The minimum atomic E-state index is -0.482. The summed E-state index contributed by atoms with van der Waals surface area (Å²) in [4.78, 5) is 12.0. The number of rotatable bonds is 2. The first-order valence-corrected chi connectivity index (χ1v) is 6.61. The highest BCUT2D eigenvalue weighted by molar-refractivity contribution is 5.69. The Morgan fingerprint density at radius 1 is 1.22 bits per heavy atom. The summed E-state index contributed by atoms with van der Waals surface area (Å²) in [6.45, 7) is 9.60. The molecule has 1 amide bonds. The number of hydrogen-bond acceptors (Lipinski definition) is 2. The molecule has 18 heavy (non-hydrogen) atoms. The summed E-state index contributed by atoms with van der Waals surface area (Å²) >= 11 is 0. The molecule has 1 N–H and O–H groups in total. The third-order valence-electron chi connectivity index (χ3n) is 3.75. The molecule has 0 heterocycles. The van der Waals surface area contributed by atoms with Crippen LogP contribution < -0.4 is 5.32 Å². The molecule has 1 saturated carbocycles. The van der Waals surface area contributed by atoms with E-state index in [1.165, 1.54) is 0 Å². The molecule has 1 fully saturated rings. The molecule has 0 spiro atoms. The van der Waals surface area contributed by atoms with Crippen LogP contribution in [0.5, 0.6) is 0 Å². The first-order chi connectivity index (χ1) is 8.12. The average Bonchev–Trinajstić information content (AvgIpc) is 2.64. The third-order valence-corrected chi connectivity index (χ3v) is 3.75. The predicted molar refractivity (Wildman–Crippen MR) is 73.2 cm³/mol. The molecule has 0 aromatic rings. The maximum atomic E-state index is 12.0. The monoisotopic (exact) mass is 251 g/mol. The molecule has 0 aliphatic heterocycles. The van der Waals surface area contributed by atoms with Gasteiger partial charge in [0.05, 0.1) is 5.54 Å². The van der Waals surface area contributed by atoms with Crippen molar-refractivity contribution in [1.82, 2.24) is 5.32 Å². The van der Waals surface area contributed by atoms with Crippen molar-refractivity contribution < 1.29 is 9.53 Å². The maximum absolute atomic E-state index is 12.0. The number of amides is 1. The minimum absolute atomic E-state index is 0.329. The van der Waals surface area contributed by atoms with Gasteiger partial charge in [0.2, 0.25) is 0 Å². The van der Waals surface area contributed by atoms with Gasteiger partial charge in [-0.05, 0) is 47.5 Å². The molecule has 0 atom stereocenters. The molecule has 0 saturated heterocycles. The Bertz CT molecular complexity index is 352. The lowest BCUT2D eigenvalue weighted by Gasteiger charge is -2.41. The fourth-order valence-corrected chi connectivity index (χ4v) is 2.52. The molecule has 0 bridgehead atoms. The summed E-state index contributed by atoms with van der Waals surface area (Å²) in [5, 5.41) is 3.04. The molecule has 0 radical (unpaired) electrons. The van der Waals surface area contributed by atoms with E-state index in [9.17, 15) is 4.79 Å². The van der Waals surface area contributed by atoms with Crippen LogP contribution in [0.15, 0.2) is 0 Å². The number of terminal acetylenes is 1. The van der Waals surface area contributed by atoms with Crippen molar-refractivity contribution in [2.45, 2.75) is 71.4 Å². The van der Waals surface area contributed by atoms with Crippen LogP contribution in [0, 0.1) is 17.8 Å². The lowest BCUT2D eigenvalue weighted by molar-refractivity contribution is 0.0382. The molecule has 1 aliphatic carbocycles. The molecule has 1 rings (SSSR count). The summed E-state index contributed by atoms with van der Waals surface area (Å²) in [6, 6.07) is 0. The second-order valence-electron chi connectivity index (χ2n) is 6.69. The van der Waals surface area contributed by atoms with Crippen molar-refractivity contribution in [3.05, 3.63) is 0 Å². The van der Waals surface area contributed by atoms with Gasteiger partial charge in [0, 0.05) is 5.41 Å². The van der Waals surface area contributed by atoms with Gasteiger partial charge in [-0.2, -0.15) is 0 Å². The lowest BCUT2D eigenvalue weighted by atomic mass is 9.71. The normalized spacial score (nSPS) is 19.1. The predicted octanol–water partition coefficient (Wildman–Crippen LogP) is 3.48. The first-order valence-electron chi connectivity index (χ1n) is 6.61. The molecule has 0 aromatic carbocycles. The van der Waals surface area contributed by atoms with Gasteiger partial charge in [-0.1, -0.05) is 18.8 Å². The van der Waals surface area contributed by atoms with Crippen LogP contribution in [0.4, 0.5) is 4.79 Å². The highest BCUT2D eigenvalue weighted by Gasteiger charge is 2.47. The number of alkyl carbamates (subject to hydrolysis) is 1. The molecule has 0 aromatic heterocycles. The summed E-state index contributed by atoms with van der Waals surface area (Å²) < 4.78 is 5.35. The van der Waals surface area contributed by atoms with Gasteiger partial charge in [-0.25, -0.2) is 4.79 Å². The molecule has 102 valence electrons. The van der Waals surface area contributed by atoms with E-state index in [-0.39, 0.29) is 17.0 Å². The van der Waals surface area contributed by atoms with Crippen molar-refractivity contribution in [3.8, 4) is 12.3 Å². The van der Waals surface area contributed by atoms with E-state index in [1.807, 2.05) is 34.6 Å². The molecule has 1 aliphatic rings. The molecular weight excluding hydrogens is 226 g/mol. The second kappa shape index (κ2) is 4.84. The van der Waals surface area contributed by atoms with Gasteiger partial charge in [0.25, 0.3) is 0 Å². The maximum Gasteiger partial charge on any atom is 0.408 e. The van der Waals surface area contributed by atoms with Gasteiger partial charge in [-0.3, -0.25) is 0 Å². The van der Waals surface area contributed by atoms with Gasteiger partial charge < -0.3 is 10.1 Å². The standard InChI is InChI=1S/C15H25NO2/c1-7-14(5,6)15(10-8-9-11-15)16-12(17)18-13(2,3)4/h1H,8-11H2,2-6H3,(H,16,17).